The van der Waals surface area contributed by atoms with Crippen LogP contribution in [0.1, 0.15) is 30.4 Å². The minimum atomic E-state index is -0.674. The number of aliphatic hydroxyl groups is 1. The smallest absolute Gasteiger partial charge is 0.265 e. The highest BCUT2D eigenvalue weighted by atomic mass is 19.1. The van der Waals surface area contributed by atoms with Gasteiger partial charge in [-0.25, -0.2) is 4.39 Å². The Labute approximate surface area is 134 Å². The van der Waals surface area contributed by atoms with Crippen molar-refractivity contribution in [3.8, 4) is 0 Å². The van der Waals surface area contributed by atoms with Crippen molar-refractivity contribution in [3.63, 3.8) is 0 Å². The highest BCUT2D eigenvalue weighted by molar-refractivity contribution is 5.23. The van der Waals surface area contributed by atoms with Crippen molar-refractivity contribution in [2.75, 3.05) is 25.5 Å². The van der Waals surface area contributed by atoms with Gasteiger partial charge in [-0.05, 0) is 35.7 Å². The van der Waals surface area contributed by atoms with Gasteiger partial charge in [0.05, 0.1) is 12.6 Å². The van der Waals surface area contributed by atoms with E-state index in [4.69, 9.17) is 4.52 Å². The molecule has 0 spiro atoms. The summed E-state index contributed by atoms with van der Waals surface area (Å²) in [4.78, 5) is 8.25. The van der Waals surface area contributed by atoms with Gasteiger partial charge in [-0.2, -0.15) is 4.98 Å². The average Bonchev–Trinajstić information content (AvgIpc) is 3.26. The molecule has 124 valence electrons. The average molecular weight is 320 g/mol. The van der Waals surface area contributed by atoms with Crippen molar-refractivity contribution in [3.05, 3.63) is 41.5 Å². The molecule has 1 aliphatic rings. The number of hydrogen-bond acceptors (Lipinski definition) is 6. The SMILES string of the molecule is CN(C)c1noc(CN(C[C@@H](O)c2ccc(F)cc2)C2CC2)n1. The molecule has 2 aromatic rings. The third-order valence-corrected chi connectivity index (χ3v) is 3.92. The van der Waals surface area contributed by atoms with Crippen LogP contribution in [0.15, 0.2) is 28.8 Å². The molecule has 1 aromatic heterocycles. The molecule has 1 aliphatic carbocycles. The molecule has 1 aromatic carbocycles. The van der Waals surface area contributed by atoms with Crippen LogP contribution in [0.4, 0.5) is 10.3 Å². The maximum atomic E-state index is 13.0. The molecular formula is C16H21FN4O2. The lowest BCUT2D eigenvalue weighted by atomic mass is 10.1. The van der Waals surface area contributed by atoms with Gasteiger partial charge in [-0.1, -0.05) is 12.1 Å². The lowest BCUT2D eigenvalue weighted by molar-refractivity contribution is 0.0972. The zero-order valence-corrected chi connectivity index (χ0v) is 13.3. The van der Waals surface area contributed by atoms with Crippen LogP contribution in [-0.4, -0.2) is 46.8 Å². The summed E-state index contributed by atoms with van der Waals surface area (Å²) >= 11 is 0. The first-order chi connectivity index (χ1) is 11.0. The zero-order valence-electron chi connectivity index (χ0n) is 13.3. The summed E-state index contributed by atoms with van der Waals surface area (Å²) in [6.45, 7) is 0.958. The van der Waals surface area contributed by atoms with E-state index in [2.05, 4.69) is 15.0 Å². The largest absolute Gasteiger partial charge is 0.387 e. The number of benzene rings is 1. The molecule has 1 saturated carbocycles. The molecule has 0 aliphatic heterocycles. The molecule has 7 heteroatoms. The lowest BCUT2D eigenvalue weighted by Gasteiger charge is -2.23. The number of halogens is 1. The first-order valence-corrected chi connectivity index (χ1v) is 7.70. The quantitative estimate of drug-likeness (QED) is 0.841. The standard InChI is InChI=1S/C16H21FN4O2/c1-20(2)16-18-15(23-19-16)10-21(13-7-8-13)9-14(22)11-3-5-12(17)6-4-11/h3-6,13-14,22H,7-10H2,1-2H3/t14-/m1/s1. The molecule has 0 amide bonds. The Morgan fingerprint density at radius 3 is 2.57 bits per heavy atom. The number of aromatic nitrogens is 2. The van der Waals surface area contributed by atoms with Crippen LogP contribution >= 0.6 is 0 Å². The molecule has 0 radical (unpaired) electrons. The predicted molar refractivity (Wildman–Crippen MR) is 83.4 cm³/mol. The molecule has 3 rings (SSSR count). The van der Waals surface area contributed by atoms with Crippen molar-refractivity contribution in [2.24, 2.45) is 0 Å². The van der Waals surface area contributed by atoms with Crippen molar-refractivity contribution in [1.82, 2.24) is 15.0 Å². The minimum Gasteiger partial charge on any atom is -0.387 e. The first-order valence-electron chi connectivity index (χ1n) is 7.70. The van der Waals surface area contributed by atoms with E-state index in [1.807, 2.05) is 14.1 Å². The van der Waals surface area contributed by atoms with Gasteiger partial charge in [0, 0.05) is 26.7 Å². The second-order valence-corrected chi connectivity index (χ2v) is 6.11. The number of anilines is 1. The Bertz CT molecular complexity index is 640. The van der Waals surface area contributed by atoms with Crippen molar-refractivity contribution >= 4 is 5.95 Å². The Kier molecular flexibility index (Phi) is 4.58. The van der Waals surface area contributed by atoms with Gasteiger partial charge < -0.3 is 14.5 Å². The van der Waals surface area contributed by atoms with E-state index in [-0.39, 0.29) is 5.82 Å². The fraction of sp³-hybridized carbons (Fsp3) is 0.500. The van der Waals surface area contributed by atoms with Crippen molar-refractivity contribution in [1.29, 1.82) is 0 Å². The summed E-state index contributed by atoms with van der Waals surface area (Å²) in [5.74, 6) is 0.767. The fourth-order valence-electron chi connectivity index (χ4n) is 2.46. The molecule has 1 fully saturated rings. The van der Waals surface area contributed by atoms with Gasteiger partial charge in [0.15, 0.2) is 0 Å². The summed E-state index contributed by atoms with van der Waals surface area (Å²) in [5, 5.41) is 14.3. The maximum Gasteiger partial charge on any atom is 0.265 e. The fourth-order valence-corrected chi connectivity index (χ4v) is 2.46. The minimum absolute atomic E-state index is 0.304. The van der Waals surface area contributed by atoms with E-state index in [0.717, 1.165) is 12.8 Å². The first kappa shape index (κ1) is 15.9. The molecule has 0 saturated heterocycles. The van der Waals surface area contributed by atoms with Crippen LogP contribution in [0.25, 0.3) is 0 Å². The van der Waals surface area contributed by atoms with E-state index >= 15 is 0 Å². The number of rotatable bonds is 7. The van der Waals surface area contributed by atoms with Crippen molar-refractivity contribution in [2.45, 2.75) is 31.5 Å². The molecule has 1 atom stereocenters. The maximum absolute atomic E-state index is 13.0. The highest BCUT2D eigenvalue weighted by Crippen LogP contribution is 2.30. The number of hydrogen-bond donors (Lipinski definition) is 1. The zero-order chi connectivity index (χ0) is 16.4. The summed E-state index contributed by atoms with van der Waals surface area (Å²) in [6.07, 6.45) is 1.53. The van der Waals surface area contributed by atoms with Gasteiger partial charge in [0.2, 0.25) is 5.89 Å². The highest BCUT2D eigenvalue weighted by Gasteiger charge is 2.31. The van der Waals surface area contributed by atoms with Crippen LogP contribution in [0.2, 0.25) is 0 Å². The van der Waals surface area contributed by atoms with Crippen LogP contribution in [-0.2, 0) is 6.54 Å². The molecule has 23 heavy (non-hydrogen) atoms. The summed E-state index contributed by atoms with van der Waals surface area (Å²) in [5.41, 5.74) is 0.705. The van der Waals surface area contributed by atoms with E-state index < -0.39 is 6.10 Å². The summed E-state index contributed by atoms with van der Waals surface area (Å²) in [7, 11) is 3.71. The van der Waals surface area contributed by atoms with Crippen LogP contribution in [0, 0.1) is 5.82 Å². The summed E-state index contributed by atoms with van der Waals surface area (Å²) < 4.78 is 18.2. The van der Waals surface area contributed by atoms with Crippen LogP contribution in [0.5, 0.6) is 0 Å². The second kappa shape index (κ2) is 6.64. The monoisotopic (exact) mass is 320 g/mol. The van der Waals surface area contributed by atoms with Crippen LogP contribution < -0.4 is 4.90 Å². The van der Waals surface area contributed by atoms with E-state index in [9.17, 15) is 9.50 Å². The molecular weight excluding hydrogens is 299 g/mol. The Hall–Kier alpha value is -1.99. The topological polar surface area (TPSA) is 65.6 Å². The molecule has 1 N–H and O–H groups in total. The van der Waals surface area contributed by atoms with Crippen molar-refractivity contribution < 1.29 is 14.0 Å². The normalized spacial score (nSPS) is 15.9. The third kappa shape index (κ3) is 4.05. The van der Waals surface area contributed by atoms with Gasteiger partial charge >= 0.3 is 0 Å². The molecule has 6 nitrogen and oxygen atoms in total. The third-order valence-electron chi connectivity index (χ3n) is 3.92. The van der Waals surface area contributed by atoms with E-state index in [0.29, 0.717) is 36.5 Å². The Morgan fingerprint density at radius 1 is 1.30 bits per heavy atom. The van der Waals surface area contributed by atoms with E-state index in [1.54, 1.807) is 17.0 Å². The van der Waals surface area contributed by atoms with Crippen LogP contribution in [0.3, 0.4) is 0 Å². The predicted octanol–water partition coefficient (Wildman–Crippen LogP) is 1.97. The van der Waals surface area contributed by atoms with Gasteiger partial charge in [-0.15, -0.1) is 0 Å². The van der Waals surface area contributed by atoms with Gasteiger partial charge in [-0.3, -0.25) is 4.90 Å². The van der Waals surface area contributed by atoms with Gasteiger partial charge in [0.1, 0.15) is 5.82 Å². The molecule has 0 unspecified atom stereocenters. The summed E-state index contributed by atoms with van der Waals surface area (Å²) in [6, 6.07) is 6.38. The number of nitrogens with zero attached hydrogens (tertiary/aromatic N) is 4. The van der Waals surface area contributed by atoms with E-state index in [1.165, 1.54) is 12.1 Å². The Morgan fingerprint density at radius 2 is 2.00 bits per heavy atom. The lowest BCUT2D eigenvalue weighted by Crippen LogP contribution is -2.30. The Balaban J connectivity index is 1.65. The number of aliphatic hydroxyl groups excluding tert-OH is 1. The molecule has 0 bridgehead atoms. The molecule has 1 heterocycles. The van der Waals surface area contributed by atoms with Gasteiger partial charge in [0.25, 0.3) is 5.95 Å². The second-order valence-electron chi connectivity index (χ2n) is 6.11.